The van der Waals surface area contributed by atoms with Crippen molar-refractivity contribution in [1.82, 2.24) is 4.90 Å². The smallest absolute Gasteiger partial charge is 0.261 e. The van der Waals surface area contributed by atoms with Crippen LogP contribution in [0, 0.1) is 11.8 Å². The van der Waals surface area contributed by atoms with E-state index < -0.39 is 6.10 Å². The Balaban J connectivity index is 1.68. The van der Waals surface area contributed by atoms with E-state index in [1.54, 1.807) is 30.3 Å². The molecular weight excluding hydrogens is 338 g/mol. The quantitative estimate of drug-likeness (QED) is 0.491. The van der Waals surface area contributed by atoms with Gasteiger partial charge in [-0.05, 0) is 49.8 Å². The van der Waals surface area contributed by atoms with Crippen LogP contribution in [0.5, 0.6) is 0 Å². The van der Waals surface area contributed by atoms with E-state index in [-0.39, 0.29) is 18.4 Å². The highest BCUT2D eigenvalue weighted by molar-refractivity contribution is 6.21. The molecule has 0 bridgehead atoms. The molecular formula is C23H25NO3. The summed E-state index contributed by atoms with van der Waals surface area (Å²) in [6.07, 6.45) is 7.23. The molecule has 0 aromatic heterocycles. The van der Waals surface area contributed by atoms with Gasteiger partial charge in [0.05, 0.1) is 17.2 Å². The first kappa shape index (κ1) is 19.1. The highest BCUT2D eigenvalue weighted by Gasteiger charge is 2.34. The molecule has 4 heteroatoms. The fourth-order valence-corrected chi connectivity index (χ4v) is 3.70. The first-order valence-electron chi connectivity index (χ1n) is 9.58. The number of carbonyl (C=O) groups excluding carboxylic acids is 2. The van der Waals surface area contributed by atoms with E-state index in [4.69, 9.17) is 0 Å². The van der Waals surface area contributed by atoms with Crippen LogP contribution >= 0.6 is 0 Å². The highest BCUT2D eigenvalue weighted by Crippen LogP contribution is 2.27. The minimum Gasteiger partial charge on any atom is -0.388 e. The van der Waals surface area contributed by atoms with Gasteiger partial charge in [0.2, 0.25) is 0 Å². The summed E-state index contributed by atoms with van der Waals surface area (Å²) in [4.78, 5) is 26.0. The summed E-state index contributed by atoms with van der Waals surface area (Å²) in [5, 5.41) is 10.4. The molecule has 0 radical (unpaired) electrons. The zero-order chi connectivity index (χ0) is 19.2. The number of rotatable bonds is 5. The van der Waals surface area contributed by atoms with E-state index in [0.29, 0.717) is 24.0 Å². The van der Waals surface area contributed by atoms with E-state index in [1.165, 1.54) is 4.90 Å². The molecule has 1 aromatic rings. The molecule has 4 nitrogen and oxygen atoms in total. The fourth-order valence-electron chi connectivity index (χ4n) is 3.70. The molecule has 0 saturated heterocycles. The van der Waals surface area contributed by atoms with Crippen LogP contribution in [0.25, 0.3) is 0 Å². The standard InChI is InChI=1S/C23H25NO3/c1-2-10-21(25)18-13-5-3-4-11-17(18)12-8-9-16-24-22(26)19-14-6-7-15-20(19)23(24)27/h2,6-7,14-15,21,25H,1,3-5,9-11,13,16H2. The van der Waals surface area contributed by atoms with Crippen LogP contribution in [0.3, 0.4) is 0 Å². The molecule has 2 aliphatic rings. The van der Waals surface area contributed by atoms with Crippen LogP contribution in [0.1, 0.15) is 65.7 Å². The number of fused-ring (bicyclic) bond motifs is 1. The Kier molecular flexibility index (Phi) is 6.26. The monoisotopic (exact) mass is 363 g/mol. The predicted octanol–water partition coefficient (Wildman–Crippen LogP) is 3.87. The van der Waals surface area contributed by atoms with Crippen LogP contribution < -0.4 is 0 Å². The zero-order valence-corrected chi connectivity index (χ0v) is 15.5. The van der Waals surface area contributed by atoms with Gasteiger partial charge in [-0.3, -0.25) is 14.5 Å². The lowest BCUT2D eigenvalue weighted by Gasteiger charge is -2.14. The zero-order valence-electron chi connectivity index (χ0n) is 15.5. The normalized spacial score (nSPS) is 17.9. The maximum Gasteiger partial charge on any atom is 0.261 e. The minimum absolute atomic E-state index is 0.242. The molecule has 2 amide bonds. The molecule has 1 heterocycles. The minimum atomic E-state index is -0.513. The second-order valence-corrected chi connectivity index (χ2v) is 6.96. The third-order valence-electron chi connectivity index (χ3n) is 5.13. The van der Waals surface area contributed by atoms with E-state index >= 15 is 0 Å². The van der Waals surface area contributed by atoms with Gasteiger partial charge >= 0.3 is 0 Å². The number of aliphatic hydroxyl groups excluding tert-OH is 1. The van der Waals surface area contributed by atoms with Gasteiger partial charge in [-0.2, -0.15) is 0 Å². The van der Waals surface area contributed by atoms with Gasteiger partial charge in [0.25, 0.3) is 11.8 Å². The lowest BCUT2D eigenvalue weighted by atomic mass is 9.96. The lowest BCUT2D eigenvalue weighted by Crippen LogP contribution is -2.30. The summed E-state index contributed by atoms with van der Waals surface area (Å²) in [7, 11) is 0. The summed E-state index contributed by atoms with van der Waals surface area (Å²) in [6, 6.07) is 6.90. The third-order valence-corrected chi connectivity index (χ3v) is 5.13. The van der Waals surface area contributed by atoms with Crippen molar-refractivity contribution in [3.8, 4) is 11.8 Å². The lowest BCUT2D eigenvalue weighted by molar-refractivity contribution is 0.0658. The molecule has 0 fully saturated rings. The van der Waals surface area contributed by atoms with Crippen molar-refractivity contribution >= 4 is 11.8 Å². The van der Waals surface area contributed by atoms with Crippen molar-refractivity contribution in [3.63, 3.8) is 0 Å². The van der Waals surface area contributed by atoms with Gasteiger partial charge in [0, 0.05) is 18.5 Å². The topological polar surface area (TPSA) is 57.6 Å². The Morgan fingerprint density at radius 3 is 2.44 bits per heavy atom. The van der Waals surface area contributed by atoms with Crippen molar-refractivity contribution in [2.24, 2.45) is 0 Å². The van der Waals surface area contributed by atoms with Crippen LogP contribution in [0.4, 0.5) is 0 Å². The number of hydrogen-bond acceptors (Lipinski definition) is 3. The van der Waals surface area contributed by atoms with E-state index in [2.05, 4.69) is 18.4 Å². The third kappa shape index (κ3) is 4.20. The number of allylic oxidation sites excluding steroid dienone is 1. The molecule has 0 spiro atoms. The number of hydrogen-bond donors (Lipinski definition) is 1. The first-order chi connectivity index (χ1) is 13.1. The number of aliphatic hydroxyl groups is 1. The van der Waals surface area contributed by atoms with Gasteiger partial charge in [-0.1, -0.05) is 36.5 Å². The van der Waals surface area contributed by atoms with Gasteiger partial charge < -0.3 is 5.11 Å². The molecule has 1 atom stereocenters. The molecule has 1 aliphatic heterocycles. The molecule has 27 heavy (non-hydrogen) atoms. The first-order valence-corrected chi connectivity index (χ1v) is 9.58. The Morgan fingerprint density at radius 1 is 1.11 bits per heavy atom. The number of benzene rings is 1. The summed E-state index contributed by atoms with van der Waals surface area (Å²) in [6.45, 7) is 4.00. The van der Waals surface area contributed by atoms with Gasteiger partial charge in [-0.15, -0.1) is 6.58 Å². The number of imide groups is 1. The Labute approximate surface area is 160 Å². The van der Waals surface area contributed by atoms with Crippen molar-refractivity contribution < 1.29 is 14.7 Å². The summed E-state index contributed by atoms with van der Waals surface area (Å²) >= 11 is 0. The predicted molar refractivity (Wildman–Crippen MR) is 105 cm³/mol. The molecule has 3 rings (SSSR count). The molecule has 1 aromatic carbocycles. The average molecular weight is 363 g/mol. The van der Waals surface area contributed by atoms with Crippen LogP contribution in [0.15, 0.2) is 48.1 Å². The highest BCUT2D eigenvalue weighted by atomic mass is 16.3. The van der Waals surface area contributed by atoms with Crippen molar-refractivity contribution in [2.75, 3.05) is 6.54 Å². The van der Waals surface area contributed by atoms with Gasteiger partial charge in [0.1, 0.15) is 0 Å². The number of carbonyl (C=O) groups is 2. The molecule has 1 N–H and O–H groups in total. The summed E-state index contributed by atoms with van der Waals surface area (Å²) in [5.41, 5.74) is 2.98. The number of nitrogens with zero attached hydrogens (tertiary/aromatic N) is 1. The molecule has 140 valence electrons. The van der Waals surface area contributed by atoms with Gasteiger partial charge in [-0.25, -0.2) is 0 Å². The maximum atomic E-state index is 12.4. The van der Waals surface area contributed by atoms with E-state index in [1.807, 2.05) is 0 Å². The number of amides is 2. The Morgan fingerprint density at radius 2 is 1.78 bits per heavy atom. The summed E-state index contributed by atoms with van der Waals surface area (Å²) in [5.74, 6) is 5.84. The second kappa shape index (κ2) is 8.83. The maximum absolute atomic E-state index is 12.4. The van der Waals surface area contributed by atoms with Crippen molar-refractivity contribution in [3.05, 3.63) is 59.2 Å². The molecule has 1 aliphatic carbocycles. The summed E-state index contributed by atoms with van der Waals surface area (Å²) < 4.78 is 0. The second-order valence-electron chi connectivity index (χ2n) is 6.96. The Hall–Kier alpha value is -2.64. The van der Waals surface area contributed by atoms with Crippen LogP contribution in [-0.2, 0) is 0 Å². The van der Waals surface area contributed by atoms with E-state index in [0.717, 1.165) is 43.3 Å². The van der Waals surface area contributed by atoms with Crippen LogP contribution in [-0.4, -0.2) is 34.5 Å². The van der Waals surface area contributed by atoms with Crippen molar-refractivity contribution in [1.29, 1.82) is 0 Å². The average Bonchev–Trinajstić information content (AvgIpc) is 2.83. The largest absolute Gasteiger partial charge is 0.388 e. The van der Waals surface area contributed by atoms with Crippen LogP contribution in [0.2, 0.25) is 0 Å². The van der Waals surface area contributed by atoms with Crippen molar-refractivity contribution in [2.45, 2.75) is 51.0 Å². The Bertz CT molecular complexity index is 806. The SMILES string of the molecule is C=CCC(O)C1=C(C#CCCN2C(=O)c3ccccc3C2=O)CCCCC1. The molecule has 1 unspecified atom stereocenters. The fraction of sp³-hybridized carbons (Fsp3) is 0.391. The van der Waals surface area contributed by atoms with Gasteiger partial charge in [0.15, 0.2) is 0 Å². The van der Waals surface area contributed by atoms with E-state index in [9.17, 15) is 14.7 Å². The molecule has 0 saturated carbocycles.